The van der Waals surface area contributed by atoms with E-state index in [0.717, 1.165) is 0 Å². The first kappa shape index (κ1) is 15.7. The molecule has 1 atom stereocenters. The van der Waals surface area contributed by atoms with Gasteiger partial charge in [0.05, 0.1) is 18.3 Å². The van der Waals surface area contributed by atoms with Gasteiger partial charge in [0.25, 0.3) is 0 Å². The van der Waals surface area contributed by atoms with Crippen molar-refractivity contribution < 1.29 is 19.3 Å². The highest BCUT2D eigenvalue weighted by Crippen LogP contribution is 2.15. The first-order chi connectivity index (χ1) is 9.04. The monoisotopic (exact) mass is 266 g/mol. The van der Waals surface area contributed by atoms with E-state index in [0.29, 0.717) is 24.5 Å². The zero-order chi connectivity index (χ0) is 14.3. The normalized spacial score (nSPS) is 12.5. The van der Waals surface area contributed by atoms with Crippen molar-refractivity contribution in [3.63, 3.8) is 0 Å². The van der Waals surface area contributed by atoms with Crippen LogP contribution in [0.1, 0.15) is 49.0 Å². The maximum atomic E-state index is 11.7. The molecule has 0 heterocycles. The molecule has 0 aliphatic rings. The van der Waals surface area contributed by atoms with Crippen LogP contribution in [-0.4, -0.2) is 25.8 Å². The third-order valence-corrected chi connectivity index (χ3v) is 2.96. The van der Waals surface area contributed by atoms with Crippen molar-refractivity contribution in [1.29, 1.82) is 0 Å². The van der Waals surface area contributed by atoms with Gasteiger partial charge in [-0.2, -0.15) is 4.89 Å². The maximum absolute atomic E-state index is 11.7. The molecule has 1 rings (SSSR count). The smallest absolute Gasteiger partial charge is 0.373 e. The fourth-order valence-corrected chi connectivity index (χ4v) is 1.48. The van der Waals surface area contributed by atoms with Gasteiger partial charge >= 0.3 is 5.97 Å². The van der Waals surface area contributed by atoms with Crippen LogP contribution in [0.3, 0.4) is 0 Å². The summed E-state index contributed by atoms with van der Waals surface area (Å²) in [5, 5.41) is 0. The lowest BCUT2D eigenvalue weighted by atomic mass is 10.0. The minimum absolute atomic E-state index is 0.0871. The minimum Gasteiger partial charge on any atom is -0.382 e. The summed E-state index contributed by atoms with van der Waals surface area (Å²) in [5.41, 5.74) is 1.68. The molecule has 0 aromatic heterocycles. The third kappa shape index (κ3) is 5.41. The molecule has 0 spiro atoms. The van der Waals surface area contributed by atoms with Crippen molar-refractivity contribution in [2.75, 3.05) is 13.7 Å². The van der Waals surface area contributed by atoms with Crippen LogP contribution in [0.5, 0.6) is 0 Å². The molecule has 0 saturated carbocycles. The van der Waals surface area contributed by atoms with Crippen molar-refractivity contribution in [3.8, 4) is 0 Å². The molecule has 0 saturated heterocycles. The molecule has 0 amide bonds. The number of rotatable bonds is 7. The Hall–Kier alpha value is -1.39. The van der Waals surface area contributed by atoms with Crippen LogP contribution < -0.4 is 0 Å². The molecule has 106 valence electrons. The van der Waals surface area contributed by atoms with Crippen LogP contribution in [0.15, 0.2) is 24.3 Å². The first-order valence-electron chi connectivity index (χ1n) is 6.51. The molecular weight excluding hydrogens is 244 g/mol. The predicted molar refractivity (Wildman–Crippen MR) is 73.0 cm³/mol. The van der Waals surface area contributed by atoms with Crippen molar-refractivity contribution >= 4 is 5.97 Å². The molecule has 1 aromatic carbocycles. The Morgan fingerprint density at radius 1 is 1.16 bits per heavy atom. The van der Waals surface area contributed by atoms with Crippen molar-refractivity contribution in [1.82, 2.24) is 0 Å². The van der Waals surface area contributed by atoms with Crippen LogP contribution in [0, 0.1) is 0 Å². The Balaban J connectivity index is 2.37. The maximum Gasteiger partial charge on any atom is 0.373 e. The van der Waals surface area contributed by atoms with Gasteiger partial charge in [0.15, 0.2) is 0 Å². The molecule has 19 heavy (non-hydrogen) atoms. The second kappa shape index (κ2) is 7.92. The number of ether oxygens (including phenoxy) is 1. The number of methoxy groups -OCH3 is 1. The Morgan fingerprint density at radius 2 is 1.79 bits per heavy atom. The van der Waals surface area contributed by atoms with Gasteiger partial charge in [-0.25, -0.2) is 4.79 Å². The van der Waals surface area contributed by atoms with E-state index in [4.69, 9.17) is 14.5 Å². The molecule has 4 nitrogen and oxygen atoms in total. The van der Waals surface area contributed by atoms with E-state index in [1.807, 2.05) is 19.1 Å². The fraction of sp³-hybridized carbons (Fsp3) is 0.533. The Bertz CT molecular complexity index is 384. The van der Waals surface area contributed by atoms with Crippen molar-refractivity contribution in [2.45, 2.75) is 39.2 Å². The van der Waals surface area contributed by atoms with Gasteiger partial charge in [0.2, 0.25) is 0 Å². The summed E-state index contributed by atoms with van der Waals surface area (Å²) in [7, 11) is 1.63. The fourth-order valence-electron chi connectivity index (χ4n) is 1.48. The topological polar surface area (TPSA) is 44.8 Å². The highest BCUT2D eigenvalue weighted by atomic mass is 17.2. The highest BCUT2D eigenvalue weighted by molar-refractivity contribution is 5.88. The van der Waals surface area contributed by atoms with E-state index < -0.39 is 5.97 Å². The zero-order valence-electron chi connectivity index (χ0n) is 12.0. The molecule has 0 fully saturated rings. The van der Waals surface area contributed by atoms with Gasteiger partial charge < -0.3 is 4.74 Å². The summed E-state index contributed by atoms with van der Waals surface area (Å²) in [6.07, 6.45) is 0.764. The molecule has 0 radical (unpaired) electrons. The van der Waals surface area contributed by atoms with Gasteiger partial charge in [-0.1, -0.05) is 26.0 Å². The van der Waals surface area contributed by atoms with Gasteiger partial charge in [0.1, 0.15) is 0 Å². The van der Waals surface area contributed by atoms with Crippen LogP contribution >= 0.6 is 0 Å². The van der Waals surface area contributed by atoms with Gasteiger partial charge in [-0.3, -0.25) is 4.89 Å². The highest BCUT2D eigenvalue weighted by Gasteiger charge is 2.09. The summed E-state index contributed by atoms with van der Waals surface area (Å²) >= 11 is 0. The van der Waals surface area contributed by atoms with Crippen molar-refractivity contribution in [2.24, 2.45) is 0 Å². The number of hydrogen-bond donors (Lipinski definition) is 0. The Morgan fingerprint density at radius 3 is 2.32 bits per heavy atom. The SMILES string of the molecule is COC(C)CCOOC(=O)c1ccc(C(C)C)cc1. The summed E-state index contributed by atoms with van der Waals surface area (Å²) in [6.45, 7) is 6.46. The quantitative estimate of drug-likeness (QED) is 0.431. The van der Waals surface area contributed by atoms with Gasteiger partial charge in [-0.15, -0.1) is 0 Å². The summed E-state index contributed by atoms with van der Waals surface area (Å²) in [4.78, 5) is 21.3. The van der Waals surface area contributed by atoms with Gasteiger partial charge in [-0.05, 0) is 30.5 Å². The molecule has 0 aliphatic heterocycles. The van der Waals surface area contributed by atoms with Crippen LogP contribution in [0.25, 0.3) is 0 Å². The number of carbonyl (C=O) groups excluding carboxylic acids is 1. The molecule has 0 aliphatic carbocycles. The second-order valence-corrected chi connectivity index (χ2v) is 4.80. The summed E-state index contributed by atoms with van der Waals surface area (Å²) in [5.74, 6) is -0.0303. The van der Waals surface area contributed by atoms with E-state index >= 15 is 0 Å². The Labute approximate surface area is 114 Å². The average molecular weight is 266 g/mol. The Kier molecular flexibility index (Phi) is 6.53. The van der Waals surface area contributed by atoms with E-state index in [1.165, 1.54) is 5.56 Å². The van der Waals surface area contributed by atoms with E-state index in [-0.39, 0.29) is 6.10 Å². The molecular formula is C15H22O4. The van der Waals surface area contributed by atoms with E-state index in [9.17, 15) is 4.79 Å². The lowest BCUT2D eigenvalue weighted by Gasteiger charge is -2.09. The zero-order valence-corrected chi connectivity index (χ0v) is 12.0. The first-order valence-corrected chi connectivity index (χ1v) is 6.51. The molecule has 0 N–H and O–H groups in total. The van der Waals surface area contributed by atoms with Crippen LogP contribution in [0.4, 0.5) is 0 Å². The lowest BCUT2D eigenvalue weighted by Crippen LogP contribution is -2.12. The second-order valence-electron chi connectivity index (χ2n) is 4.80. The summed E-state index contributed by atoms with van der Waals surface area (Å²) < 4.78 is 5.06. The largest absolute Gasteiger partial charge is 0.382 e. The lowest BCUT2D eigenvalue weighted by molar-refractivity contribution is -0.244. The standard InChI is InChI=1S/C15H22O4/c1-11(2)13-5-7-14(8-6-13)15(16)19-18-10-9-12(3)17-4/h5-8,11-12H,9-10H2,1-4H3. The summed E-state index contributed by atoms with van der Waals surface area (Å²) in [6, 6.07) is 7.35. The van der Waals surface area contributed by atoms with Crippen molar-refractivity contribution in [3.05, 3.63) is 35.4 Å². The number of hydrogen-bond acceptors (Lipinski definition) is 4. The minimum atomic E-state index is -0.472. The number of carbonyl (C=O) groups is 1. The van der Waals surface area contributed by atoms with Crippen LogP contribution in [0.2, 0.25) is 0 Å². The number of benzene rings is 1. The van der Waals surface area contributed by atoms with E-state index in [2.05, 4.69) is 13.8 Å². The van der Waals surface area contributed by atoms with E-state index in [1.54, 1.807) is 19.2 Å². The average Bonchev–Trinajstić information content (AvgIpc) is 2.43. The van der Waals surface area contributed by atoms with Gasteiger partial charge in [0, 0.05) is 13.5 Å². The molecule has 4 heteroatoms. The molecule has 1 aromatic rings. The molecule has 1 unspecified atom stereocenters. The molecule has 0 bridgehead atoms. The van der Waals surface area contributed by atoms with Crippen LogP contribution in [-0.2, 0) is 14.5 Å². The third-order valence-electron chi connectivity index (χ3n) is 2.96. The predicted octanol–water partition coefficient (Wildman–Crippen LogP) is 3.32.